The molecule has 0 saturated heterocycles. The maximum absolute atomic E-state index is 13.6. The molecule has 8 heteroatoms. The van der Waals surface area contributed by atoms with E-state index in [0.29, 0.717) is 32.9 Å². The molecule has 4 aromatic carbocycles. The lowest BCUT2D eigenvalue weighted by molar-refractivity contribution is -0.113. The quantitative estimate of drug-likeness (QED) is 0.227. The van der Waals surface area contributed by atoms with Gasteiger partial charge in [0.25, 0.3) is 5.56 Å². The highest BCUT2D eigenvalue weighted by molar-refractivity contribution is 7.99. The van der Waals surface area contributed by atoms with Gasteiger partial charge in [0.2, 0.25) is 5.91 Å². The van der Waals surface area contributed by atoms with Crippen LogP contribution in [0.3, 0.4) is 0 Å². The third kappa shape index (κ3) is 4.32. The molecule has 1 aromatic heterocycles. The SMILES string of the molecule is Cc1ccc(-n2c(SCC(=O)Nc3cccc4c3C(=O)c3ccccc3C4=O)nc3ccccc3c2=O)c(C)c1. The van der Waals surface area contributed by atoms with Gasteiger partial charge in [-0.25, -0.2) is 4.98 Å². The van der Waals surface area contributed by atoms with Gasteiger partial charge in [-0.15, -0.1) is 0 Å². The minimum Gasteiger partial charge on any atom is -0.325 e. The van der Waals surface area contributed by atoms with E-state index in [1.54, 1.807) is 65.2 Å². The fourth-order valence-electron chi connectivity index (χ4n) is 5.04. The normalized spacial score (nSPS) is 12.2. The van der Waals surface area contributed by atoms with Gasteiger partial charge in [0.15, 0.2) is 16.7 Å². The van der Waals surface area contributed by atoms with Crippen molar-refractivity contribution in [2.45, 2.75) is 19.0 Å². The second-order valence-electron chi connectivity index (χ2n) is 9.61. The van der Waals surface area contributed by atoms with E-state index in [1.165, 1.54) is 0 Å². The molecular weight excluding hydrogens is 522 g/mol. The van der Waals surface area contributed by atoms with Gasteiger partial charge in [0.1, 0.15) is 0 Å². The molecule has 1 aliphatic carbocycles. The molecule has 0 saturated carbocycles. The summed E-state index contributed by atoms with van der Waals surface area (Å²) in [4.78, 5) is 57.8. The van der Waals surface area contributed by atoms with Crippen LogP contribution in [0.4, 0.5) is 5.69 Å². The third-order valence-electron chi connectivity index (χ3n) is 6.90. The molecule has 0 fully saturated rings. The molecule has 1 amide bonds. The van der Waals surface area contributed by atoms with Crippen LogP contribution in [0.1, 0.15) is 43.0 Å². The van der Waals surface area contributed by atoms with Crippen LogP contribution < -0.4 is 10.9 Å². The maximum Gasteiger partial charge on any atom is 0.266 e. The fourth-order valence-corrected chi connectivity index (χ4v) is 5.85. The summed E-state index contributed by atoms with van der Waals surface area (Å²) in [7, 11) is 0. The molecule has 0 unspecified atom stereocenters. The van der Waals surface area contributed by atoms with Crippen LogP contribution in [0.2, 0.25) is 0 Å². The molecule has 7 nitrogen and oxygen atoms in total. The molecule has 0 radical (unpaired) electrons. The van der Waals surface area contributed by atoms with Gasteiger partial charge in [-0.05, 0) is 43.7 Å². The van der Waals surface area contributed by atoms with Crippen LogP contribution in [0.5, 0.6) is 0 Å². The van der Waals surface area contributed by atoms with E-state index < -0.39 is 5.91 Å². The number of carbonyl (C=O) groups is 3. The number of amides is 1. The van der Waals surface area contributed by atoms with Crippen molar-refractivity contribution in [1.82, 2.24) is 9.55 Å². The van der Waals surface area contributed by atoms with Crippen molar-refractivity contribution in [2.24, 2.45) is 0 Å². The number of ketones is 2. The lowest BCUT2D eigenvalue weighted by Gasteiger charge is -2.20. The lowest BCUT2D eigenvalue weighted by atomic mass is 9.83. The van der Waals surface area contributed by atoms with Crippen LogP contribution >= 0.6 is 11.8 Å². The smallest absolute Gasteiger partial charge is 0.266 e. The molecule has 1 N–H and O–H groups in total. The van der Waals surface area contributed by atoms with Crippen molar-refractivity contribution in [1.29, 1.82) is 0 Å². The van der Waals surface area contributed by atoms with Crippen molar-refractivity contribution in [3.05, 3.63) is 129 Å². The van der Waals surface area contributed by atoms with Crippen LogP contribution in [0, 0.1) is 13.8 Å². The van der Waals surface area contributed by atoms with Crippen molar-refractivity contribution >= 4 is 45.8 Å². The van der Waals surface area contributed by atoms with Gasteiger partial charge in [0, 0.05) is 16.7 Å². The molecule has 0 spiro atoms. The standard InChI is InChI=1S/C32H23N3O4S/c1-18-14-15-26(19(2)16-18)35-31(39)22-10-5-6-12-24(22)34-32(35)40-17-27(36)33-25-13-7-11-23-28(25)30(38)21-9-4-3-8-20(21)29(23)37/h3-16H,17H2,1-2H3,(H,33,36). The molecule has 0 bridgehead atoms. The predicted octanol–water partition coefficient (Wildman–Crippen LogP) is 5.51. The van der Waals surface area contributed by atoms with E-state index in [1.807, 2.05) is 38.1 Å². The van der Waals surface area contributed by atoms with Gasteiger partial charge in [-0.3, -0.25) is 23.7 Å². The zero-order valence-corrected chi connectivity index (χ0v) is 22.5. The Hall–Kier alpha value is -4.82. The predicted molar refractivity (Wildman–Crippen MR) is 156 cm³/mol. The first-order valence-electron chi connectivity index (χ1n) is 12.7. The molecule has 196 valence electrons. The summed E-state index contributed by atoms with van der Waals surface area (Å²) in [6.45, 7) is 3.91. The van der Waals surface area contributed by atoms with Crippen molar-refractivity contribution in [2.75, 3.05) is 11.1 Å². The van der Waals surface area contributed by atoms with E-state index in [9.17, 15) is 19.2 Å². The summed E-state index contributed by atoms with van der Waals surface area (Å²) in [6.07, 6.45) is 0. The molecule has 1 aliphatic rings. The number of anilines is 1. The molecule has 0 aliphatic heterocycles. The Bertz CT molecular complexity index is 1940. The molecular formula is C32H23N3O4S. The average molecular weight is 546 g/mol. The molecule has 5 aromatic rings. The first-order valence-corrected chi connectivity index (χ1v) is 13.7. The number of nitrogens with one attached hydrogen (secondary N) is 1. The number of fused-ring (bicyclic) bond motifs is 3. The van der Waals surface area contributed by atoms with Gasteiger partial charge in [-0.2, -0.15) is 0 Å². The topological polar surface area (TPSA) is 98.1 Å². The highest BCUT2D eigenvalue weighted by Gasteiger charge is 2.31. The summed E-state index contributed by atoms with van der Waals surface area (Å²) in [5.41, 5.74) is 4.36. The number of aromatic nitrogens is 2. The van der Waals surface area contributed by atoms with Crippen LogP contribution in [0.15, 0.2) is 94.9 Å². The average Bonchev–Trinajstić information content (AvgIpc) is 2.95. The summed E-state index contributed by atoms with van der Waals surface area (Å²) in [5, 5.41) is 3.66. The van der Waals surface area contributed by atoms with Crippen LogP contribution in [-0.4, -0.2) is 32.8 Å². The number of hydrogen-bond donors (Lipinski definition) is 1. The minimum absolute atomic E-state index is 0.0713. The Morgan fingerprint density at radius 1 is 0.825 bits per heavy atom. The Morgan fingerprint density at radius 3 is 2.30 bits per heavy atom. The fraction of sp³-hybridized carbons (Fsp3) is 0.0938. The second kappa shape index (κ2) is 10.1. The number of thioether (sulfide) groups is 1. The summed E-state index contributed by atoms with van der Waals surface area (Å²) >= 11 is 1.13. The number of carbonyl (C=O) groups excluding carboxylic acids is 3. The van der Waals surface area contributed by atoms with E-state index >= 15 is 0 Å². The van der Waals surface area contributed by atoms with Gasteiger partial charge >= 0.3 is 0 Å². The highest BCUT2D eigenvalue weighted by Crippen LogP contribution is 2.32. The van der Waals surface area contributed by atoms with Crippen LogP contribution in [-0.2, 0) is 4.79 Å². The Morgan fingerprint density at radius 2 is 1.52 bits per heavy atom. The lowest BCUT2D eigenvalue weighted by Crippen LogP contribution is -2.25. The van der Waals surface area contributed by atoms with E-state index in [-0.39, 0.29) is 39.7 Å². The second-order valence-corrected chi connectivity index (χ2v) is 10.6. The number of nitrogens with zero attached hydrogens (tertiary/aromatic N) is 2. The van der Waals surface area contributed by atoms with Crippen molar-refractivity contribution in [3.8, 4) is 5.69 Å². The minimum atomic E-state index is -0.396. The Kier molecular flexibility index (Phi) is 6.40. The largest absolute Gasteiger partial charge is 0.325 e. The van der Waals surface area contributed by atoms with Crippen molar-refractivity contribution in [3.63, 3.8) is 0 Å². The monoisotopic (exact) mass is 545 g/mol. The number of benzene rings is 4. The van der Waals surface area contributed by atoms with Gasteiger partial charge in [-0.1, -0.05) is 78.0 Å². The summed E-state index contributed by atoms with van der Waals surface area (Å²) in [6, 6.07) is 24.4. The van der Waals surface area contributed by atoms with E-state index in [0.717, 1.165) is 22.9 Å². The van der Waals surface area contributed by atoms with Crippen LogP contribution in [0.25, 0.3) is 16.6 Å². The van der Waals surface area contributed by atoms with Crippen molar-refractivity contribution < 1.29 is 14.4 Å². The Balaban J connectivity index is 1.33. The van der Waals surface area contributed by atoms with Gasteiger partial charge in [0.05, 0.1) is 33.6 Å². The number of para-hydroxylation sites is 1. The molecule has 40 heavy (non-hydrogen) atoms. The maximum atomic E-state index is 13.6. The number of aryl methyl sites for hydroxylation is 2. The molecule has 1 heterocycles. The van der Waals surface area contributed by atoms with E-state index in [4.69, 9.17) is 4.98 Å². The zero-order chi connectivity index (χ0) is 28.0. The number of rotatable bonds is 5. The van der Waals surface area contributed by atoms with Gasteiger partial charge < -0.3 is 5.32 Å². The number of hydrogen-bond acceptors (Lipinski definition) is 6. The summed E-state index contributed by atoms with van der Waals surface area (Å²) in [5.74, 6) is -1.04. The zero-order valence-electron chi connectivity index (χ0n) is 21.7. The van der Waals surface area contributed by atoms with E-state index in [2.05, 4.69) is 5.32 Å². The highest BCUT2D eigenvalue weighted by atomic mass is 32.2. The molecule has 0 atom stereocenters. The Labute approximate surface area is 233 Å². The summed E-state index contributed by atoms with van der Waals surface area (Å²) < 4.78 is 1.54. The molecule has 6 rings (SSSR count). The third-order valence-corrected chi connectivity index (χ3v) is 7.84. The first kappa shape index (κ1) is 25.5. The first-order chi connectivity index (χ1) is 19.3.